The van der Waals surface area contributed by atoms with E-state index in [4.69, 9.17) is 21.1 Å². The molecule has 0 aromatic heterocycles. The van der Waals surface area contributed by atoms with Crippen molar-refractivity contribution < 1.29 is 22.7 Å². The summed E-state index contributed by atoms with van der Waals surface area (Å²) in [5, 5.41) is 3.25. The lowest BCUT2D eigenvalue weighted by molar-refractivity contribution is 0.0730. The van der Waals surface area contributed by atoms with E-state index in [2.05, 4.69) is 5.32 Å². The van der Waals surface area contributed by atoms with Crippen molar-refractivity contribution in [1.82, 2.24) is 4.31 Å². The smallest absolute Gasteiger partial charge is 0.255 e. The van der Waals surface area contributed by atoms with Gasteiger partial charge in [-0.15, -0.1) is 0 Å². The number of carbonyl (C=O) groups excluding carboxylic acids is 1. The molecule has 2 aromatic rings. The first kappa shape index (κ1) is 20.6. The zero-order valence-electron chi connectivity index (χ0n) is 15.4. The van der Waals surface area contributed by atoms with E-state index in [0.29, 0.717) is 49.2 Å². The molecule has 1 fully saturated rings. The molecule has 9 heteroatoms. The molecular weight excluding hydrogens is 404 g/mol. The van der Waals surface area contributed by atoms with Crippen LogP contribution in [0.15, 0.2) is 47.4 Å². The fourth-order valence-electron chi connectivity index (χ4n) is 2.78. The van der Waals surface area contributed by atoms with Crippen molar-refractivity contribution in [2.75, 3.05) is 38.2 Å². The molecule has 150 valence electrons. The summed E-state index contributed by atoms with van der Waals surface area (Å²) in [6.07, 6.45) is 0. The molecule has 7 nitrogen and oxygen atoms in total. The maximum absolute atomic E-state index is 12.9. The molecule has 0 radical (unpaired) electrons. The summed E-state index contributed by atoms with van der Waals surface area (Å²) in [6.45, 7) is 3.49. The van der Waals surface area contributed by atoms with E-state index >= 15 is 0 Å². The first-order valence-corrected chi connectivity index (χ1v) is 10.7. The highest BCUT2D eigenvalue weighted by Crippen LogP contribution is 2.30. The monoisotopic (exact) mass is 424 g/mol. The van der Waals surface area contributed by atoms with E-state index < -0.39 is 15.9 Å². The zero-order valence-corrected chi connectivity index (χ0v) is 16.9. The number of anilines is 1. The molecule has 0 atom stereocenters. The highest BCUT2D eigenvalue weighted by atomic mass is 35.5. The first-order valence-electron chi connectivity index (χ1n) is 8.83. The minimum absolute atomic E-state index is 0.0873. The largest absolute Gasteiger partial charge is 0.492 e. The second-order valence-corrected chi connectivity index (χ2v) is 8.44. The van der Waals surface area contributed by atoms with Crippen molar-refractivity contribution in [2.24, 2.45) is 0 Å². The number of amides is 1. The van der Waals surface area contributed by atoms with E-state index in [1.807, 2.05) is 6.92 Å². The molecule has 0 spiro atoms. The van der Waals surface area contributed by atoms with Crippen LogP contribution >= 0.6 is 11.6 Å². The van der Waals surface area contributed by atoms with Crippen LogP contribution in [0.3, 0.4) is 0 Å². The summed E-state index contributed by atoms with van der Waals surface area (Å²) < 4.78 is 37.9. The zero-order chi connectivity index (χ0) is 20.1. The molecule has 1 heterocycles. The fraction of sp³-hybridized carbons (Fsp3) is 0.316. The third-order valence-electron chi connectivity index (χ3n) is 4.21. The van der Waals surface area contributed by atoms with E-state index in [-0.39, 0.29) is 10.6 Å². The van der Waals surface area contributed by atoms with Crippen LogP contribution in [0.2, 0.25) is 5.02 Å². The third-order valence-corrected chi connectivity index (χ3v) is 6.36. The molecule has 1 aliphatic rings. The number of rotatable bonds is 6. The Morgan fingerprint density at radius 3 is 2.50 bits per heavy atom. The molecule has 1 amide bonds. The third kappa shape index (κ3) is 4.64. The average Bonchev–Trinajstić information content (AvgIpc) is 2.70. The predicted octanol–water partition coefficient (Wildman–Crippen LogP) is 3.01. The highest BCUT2D eigenvalue weighted by molar-refractivity contribution is 7.89. The number of morpholine rings is 1. The summed E-state index contributed by atoms with van der Waals surface area (Å²) in [5.74, 6) is 0.00396. The Morgan fingerprint density at radius 1 is 1.18 bits per heavy atom. The van der Waals surface area contributed by atoms with Crippen LogP contribution < -0.4 is 10.1 Å². The lowest BCUT2D eigenvalue weighted by Crippen LogP contribution is -2.40. The number of hydrogen-bond donors (Lipinski definition) is 1. The van der Waals surface area contributed by atoms with E-state index in [9.17, 15) is 13.2 Å². The standard InChI is InChI=1S/C19H21ClN2O5S/c1-2-27-18-8-7-16(28(24,25)22-9-11-26-12-10-22)13-17(18)21-19(23)14-3-5-15(20)6-4-14/h3-8,13H,2,9-12H2,1H3,(H,21,23). The molecular formula is C19H21ClN2O5S. The normalized spacial score (nSPS) is 15.2. The van der Waals surface area contributed by atoms with Crippen molar-refractivity contribution in [3.05, 3.63) is 53.1 Å². The van der Waals surface area contributed by atoms with Crippen molar-refractivity contribution in [2.45, 2.75) is 11.8 Å². The number of nitrogens with one attached hydrogen (secondary N) is 1. The van der Waals surface area contributed by atoms with E-state index in [1.54, 1.807) is 30.3 Å². The Morgan fingerprint density at radius 2 is 1.86 bits per heavy atom. The maximum atomic E-state index is 12.9. The van der Waals surface area contributed by atoms with Crippen molar-refractivity contribution >= 4 is 33.2 Å². The predicted molar refractivity (Wildman–Crippen MR) is 107 cm³/mol. The molecule has 1 N–H and O–H groups in total. The van der Waals surface area contributed by atoms with Crippen LogP contribution in [0.1, 0.15) is 17.3 Å². The van der Waals surface area contributed by atoms with Gasteiger partial charge in [-0.25, -0.2) is 8.42 Å². The first-order chi connectivity index (χ1) is 13.4. The van der Waals surface area contributed by atoms with Gasteiger partial charge < -0.3 is 14.8 Å². The highest BCUT2D eigenvalue weighted by Gasteiger charge is 2.27. The van der Waals surface area contributed by atoms with Gasteiger partial charge >= 0.3 is 0 Å². The Hall–Kier alpha value is -2.13. The summed E-state index contributed by atoms with van der Waals surface area (Å²) in [7, 11) is -3.69. The van der Waals surface area contributed by atoms with E-state index in [1.165, 1.54) is 16.4 Å². The van der Waals surface area contributed by atoms with Crippen molar-refractivity contribution in [3.8, 4) is 5.75 Å². The number of carbonyl (C=O) groups is 1. The Bertz CT molecular complexity index is 941. The second-order valence-electron chi connectivity index (χ2n) is 6.07. The van der Waals surface area contributed by atoms with Gasteiger partial charge in [0.15, 0.2) is 0 Å². The van der Waals surface area contributed by atoms with Gasteiger partial charge in [-0.2, -0.15) is 4.31 Å². The minimum Gasteiger partial charge on any atom is -0.492 e. The molecule has 3 rings (SSSR count). The topological polar surface area (TPSA) is 84.9 Å². The molecule has 2 aromatic carbocycles. The fourth-order valence-corrected chi connectivity index (χ4v) is 4.34. The number of benzene rings is 2. The summed E-state index contributed by atoms with van der Waals surface area (Å²) in [4.78, 5) is 12.6. The molecule has 0 aliphatic carbocycles. The summed E-state index contributed by atoms with van der Waals surface area (Å²) in [5.41, 5.74) is 0.685. The average molecular weight is 425 g/mol. The number of halogens is 1. The number of sulfonamides is 1. The van der Waals surface area contributed by atoms with Gasteiger partial charge in [-0.05, 0) is 49.4 Å². The molecule has 0 unspecified atom stereocenters. The van der Waals surface area contributed by atoms with E-state index in [0.717, 1.165) is 0 Å². The molecule has 0 saturated carbocycles. The van der Waals surface area contributed by atoms with Crippen molar-refractivity contribution in [1.29, 1.82) is 0 Å². The van der Waals surface area contributed by atoms with Crippen LogP contribution in [0.4, 0.5) is 5.69 Å². The minimum atomic E-state index is -3.69. The Kier molecular flexibility index (Phi) is 6.56. The molecule has 1 aliphatic heterocycles. The summed E-state index contributed by atoms with van der Waals surface area (Å²) in [6, 6.07) is 10.8. The van der Waals surface area contributed by atoms with Crippen LogP contribution in [0.5, 0.6) is 5.75 Å². The Labute approximate surface area is 169 Å². The number of nitrogens with zero attached hydrogens (tertiary/aromatic N) is 1. The van der Waals surface area contributed by atoms with Crippen LogP contribution in [-0.4, -0.2) is 51.5 Å². The second kappa shape index (κ2) is 8.91. The van der Waals surface area contributed by atoms with Gasteiger partial charge in [-0.3, -0.25) is 4.79 Å². The van der Waals surface area contributed by atoms with Gasteiger partial charge in [0.1, 0.15) is 5.75 Å². The van der Waals surface area contributed by atoms with Crippen LogP contribution in [0, 0.1) is 0 Å². The lowest BCUT2D eigenvalue weighted by Gasteiger charge is -2.26. The lowest BCUT2D eigenvalue weighted by atomic mass is 10.2. The molecule has 28 heavy (non-hydrogen) atoms. The van der Waals surface area contributed by atoms with Crippen LogP contribution in [-0.2, 0) is 14.8 Å². The Balaban J connectivity index is 1.91. The molecule has 0 bridgehead atoms. The van der Waals surface area contributed by atoms with Crippen molar-refractivity contribution in [3.63, 3.8) is 0 Å². The SMILES string of the molecule is CCOc1ccc(S(=O)(=O)N2CCOCC2)cc1NC(=O)c1ccc(Cl)cc1. The van der Waals surface area contributed by atoms with Gasteiger partial charge in [-0.1, -0.05) is 11.6 Å². The van der Waals surface area contributed by atoms with Gasteiger partial charge in [0, 0.05) is 23.7 Å². The summed E-state index contributed by atoms with van der Waals surface area (Å²) >= 11 is 5.86. The number of ether oxygens (including phenoxy) is 2. The molecule has 1 saturated heterocycles. The van der Waals surface area contributed by atoms with Gasteiger partial charge in [0.05, 0.1) is 30.4 Å². The van der Waals surface area contributed by atoms with Gasteiger partial charge in [0.2, 0.25) is 10.0 Å². The quantitative estimate of drug-likeness (QED) is 0.770. The number of hydrogen-bond acceptors (Lipinski definition) is 5. The van der Waals surface area contributed by atoms with Gasteiger partial charge in [0.25, 0.3) is 5.91 Å². The van der Waals surface area contributed by atoms with Crippen LogP contribution in [0.25, 0.3) is 0 Å². The maximum Gasteiger partial charge on any atom is 0.255 e.